The van der Waals surface area contributed by atoms with Crippen LogP contribution in [0.2, 0.25) is 15.1 Å². The smallest absolute Gasteiger partial charge is 0.272 e. The van der Waals surface area contributed by atoms with Gasteiger partial charge in [-0.15, -0.1) is 0 Å². The van der Waals surface area contributed by atoms with E-state index >= 15 is 0 Å². The van der Waals surface area contributed by atoms with Gasteiger partial charge in [0.25, 0.3) is 5.91 Å². The molecule has 3 heterocycles. The van der Waals surface area contributed by atoms with Crippen LogP contribution in [0.1, 0.15) is 41.9 Å². The Morgan fingerprint density at radius 1 is 0.936 bits per heavy atom. The van der Waals surface area contributed by atoms with Gasteiger partial charge in [-0.2, -0.15) is 0 Å². The molecule has 47 heavy (non-hydrogen) atoms. The summed E-state index contributed by atoms with van der Waals surface area (Å²) in [5.74, 6) is -0.280. The van der Waals surface area contributed by atoms with Gasteiger partial charge in [0.2, 0.25) is 0 Å². The predicted molar refractivity (Wildman–Crippen MR) is 194 cm³/mol. The molecule has 7 rings (SSSR count). The van der Waals surface area contributed by atoms with Gasteiger partial charge < -0.3 is 25.5 Å². The summed E-state index contributed by atoms with van der Waals surface area (Å²) < 4.78 is 2.07. The molecule has 1 saturated heterocycles. The molecular weight excluding hydrogens is 651 g/mol. The molecule has 0 saturated carbocycles. The Labute approximate surface area is 288 Å². The SMILES string of the molecule is CC(c1ccc(Cl)cc1Cl)n1cnc(-c2ccccc2)c1-c1c(C(=O)Nc2ccccc2N2CCC(N)CC2)[nH]c2cc(Cl)ccc12. The number of nitrogens with two attached hydrogens (primary N) is 1. The lowest BCUT2D eigenvalue weighted by molar-refractivity contribution is 0.102. The molecule has 0 radical (unpaired) electrons. The van der Waals surface area contributed by atoms with Crippen molar-refractivity contribution >= 4 is 63.0 Å². The summed E-state index contributed by atoms with van der Waals surface area (Å²) in [6.45, 7) is 3.71. The summed E-state index contributed by atoms with van der Waals surface area (Å²) in [7, 11) is 0. The first-order valence-electron chi connectivity index (χ1n) is 15.6. The number of carbonyl (C=O) groups excluding carboxylic acids is 1. The Bertz CT molecular complexity index is 2080. The normalized spacial score (nSPS) is 14.4. The van der Waals surface area contributed by atoms with Crippen LogP contribution in [0.4, 0.5) is 11.4 Å². The molecule has 4 aromatic carbocycles. The monoisotopic (exact) mass is 682 g/mol. The van der Waals surface area contributed by atoms with Crippen molar-refractivity contribution in [1.82, 2.24) is 14.5 Å². The molecular formula is C37H33Cl3N6O. The topological polar surface area (TPSA) is 92.0 Å². The highest BCUT2D eigenvalue weighted by molar-refractivity contribution is 6.35. The molecule has 2 aromatic heterocycles. The second-order valence-electron chi connectivity index (χ2n) is 11.9. The molecule has 1 aliphatic heterocycles. The number of carbonyl (C=O) groups is 1. The third kappa shape index (κ3) is 6.12. The van der Waals surface area contributed by atoms with E-state index in [-0.39, 0.29) is 18.0 Å². The van der Waals surface area contributed by atoms with E-state index < -0.39 is 0 Å². The van der Waals surface area contributed by atoms with Crippen LogP contribution in [0.25, 0.3) is 33.4 Å². The van der Waals surface area contributed by atoms with Crippen molar-refractivity contribution in [3.05, 3.63) is 124 Å². The number of aromatic amines is 1. The first kappa shape index (κ1) is 31.3. The Morgan fingerprint density at radius 3 is 2.40 bits per heavy atom. The van der Waals surface area contributed by atoms with Crippen molar-refractivity contribution in [2.45, 2.75) is 31.8 Å². The molecule has 0 spiro atoms. The fourth-order valence-corrected chi connectivity index (χ4v) is 7.20. The number of benzene rings is 4. The number of piperidine rings is 1. The number of H-pyrrole nitrogens is 1. The first-order chi connectivity index (χ1) is 22.8. The van der Waals surface area contributed by atoms with Crippen LogP contribution in [0.5, 0.6) is 0 Å². The quantitative estimate of drug-likeness (QED) is 0.156. The summed E-state index contributed by atoms with van der Waals surface area (Å²) in [5.41, 5.74) is 13.0. The zero-order chi connectivity index (χ0) is 32.7. The third-order valence-electron chi connectivity index (χ3n) is 8.93. The van der Waals surface area contributed by atoms with Crippen LogP contribution in [0.15, 0.2) is 97.3 Å². The van der Waals surface area contributed by atoms with Crippen molar-refractivity contribution in [3.63, 3.8) is 0 Å². The average molecular weight is 684 g/mol. The van der Waals surface area contributed by atoms with Crippen LogP contribution < -0.4 is 16.0 Å². The number of hydrogen-bond donors (Lipinski definition) is 3. The molecule has 0 bridgehead atoms. The van der Waals surface area contributed by atoms with E-state index in [0.717, 1.165) is 70.7 Å². The van der Waals surface area contributed by atoms with Crippen molar-refractivity contribution in [3.8, 4) is 22.5 Å². The van der Waals surface area contributed by atoms with Gasteiger partial charge in [-0.1, -0.05) is 89.4 Å². The molecule has 238 valence electrons. The number of nitrogens with one attached hydrogen (secondary N) is 2. The van der Waals surface area contributed by atoms with E-state index in [1.54, 1.807) is 12.4 Å². The minimum Gasteiger partial charge on any atom is -0.370 e. The summed E-state index contributed by atoms with van der Waals surface area (Å²) in [6.07, 6.45) is 3.61. The number of rotatable bonds is 7. The highest BCUT2D eigenvalue weighted by atomic mass is 35.5. The molecule has 1 atom stereocenters. The largest absolute Gasteiger partial charge is 0.370 e. The van der Waals surface area contributed by atoms with Crippen LogP contribution in [0.3, 0.4) is 0 Å². The van der Waals surface area contributed by atoms with E-state index in [4.69, 9.17) is 45.5 Å². The summed E-state index contributed by atoms with van der Waals surface area (Å²) >= 11 is 19.5. The average Bonchev–Trinajstić information content (AvgIpc) is 3.67. The number of hydrogen-bond acceptors (Lipinski definition) is 4. The Hall–Kier alpha value is -4.27. The van der Waals surface area contributed by atoms with Gasteiger partial charge in [0, 0.05) is 56.2 Å². The number of amides is 1. The first-order valence-corrected chi connectivity index (χ1v) is 16.7. The van der Waals surface area contributed by atoms with Crippen LogP contribution in [0, 0.1) is 0 Å². The second-order valence-corrected chi connectivity index (χ2v) is 13.2. The van der Waals surface area contributed by atoms with E-state index in [9.17, 15) is 4.79 Å². The molecule has 6 aromatic rings. The van der Waals surface area contributed by atoms with Gasteiger partial charge in [0.05, 0.1) is 35.1 Å². The molecule has 7 nitrogen and oxygen atoms in total. The molecule has 0 aliphatic carbocycles. The zero-order valence-corrected chi connectivity index (χ0v) is 27.9. The minimum atomic E-state index is -0.280. The lowest BCUT2D eigenvalue weighted by atomic mass is 9.99. The molecule has 1 aliphatic rings. The number of para-hydroxylation sites is 2. The van der Waals surface area contributed by atoms with E-state index in [0.29, 0.717) is 26.3 Å². The molecule has 1 unspecified atom stereocenters. The lowest BCUT2D eigenvalue weighted by Crippen LogP contribution is -2.40. The molecule has 1 amide bonds. The highest BCUT2D eigenvalue weighted by Gasteiger charge is 2.29. The fraction of sp³-hybridized carbons (Fsp3) is 0.189. The van der Waals surface area contributed by atoms with E-state index in [1.807, 2.05) is 84.9 Å². The summed E-state index contributed by atoms with van der Waals surface area (Å²) in [5, 5.41) is 5.73. The predicted octanol–water partition coefficient (Wildman–Crippen LogP) is 9.45. The van der Waals surface area contributed by atoms with Gasteiger partial charge in [0.15, 0.2) is 0 Å². The number of nitrogens with zero attached hydrogens (tertiary/aromatic N) is 3. The summed E-state index contributed by atoms with van der Waals surface area (Å²) in [4.78, 5) is 25.1. The van der Waals surface area contributed by atoms with Crippen LogP contribution >= 0.6 is 34.8 Å². The van der Waals surface area contributed by atoms with Gasteiger partial charge in [0.1, 0.15) is 5.69 Å². The molecule has 10 heteroatoms. The van der Waals surface area contributed by atoms with Crippen molar-refractivity contribution < 1.29 is 4.79 Å². The Balaban J connectivity index is 1.40. The second kappa shape index (κ2) is 13.1. The van der Waals surface area contributed by atoms with Crippen molar-refractivity contribution in [2.75, 3.05) is 23.3 Å². The number of halogens is 3. The van der Waals surface area contributed by atoms with Gasteiger partial charge >= 0.3 is 0 Å². The van der Waals surface area contributed by atoms with Crippen LogP contribution in [-0.2, 0) is 0 Å². The maximum Gasteiger partial charge on any atom is 0.272 e. The molecule has 4 N–H and O–H groups in total. The zero-order valence-electron chi connectivity index (χ0n) is 25.7. The number of anilines is 2. The lowest BCUT2D eigenvalue weighted by Gasteiger charge is -2.33. The fourth-order valence-electron chi connectivity index (χ4n) is 6.47. The number of imidazole rings is 1. The van der Waals surface area contributed by atoms with Crippen molar-refractivity contribution in [2.24, 2.45) is 5.73 Å². The van der Waals surface area contributed by atoms with E-state index in [1.165, 1.54) is 0 Å². The standard InChI is InChI=1S/C37H33Cl3N6O/c1-22(27-13-11-24(38)19-29(27)40)46-21-42-34(23-7-3-2-4-8-23)36(46)33-28-14-12-25(39)20-31(28)43-35(33)37(47)44-30-9-5-6-10-32(30)45-17-15-26(41)16-18-45/h2-14,19-22,26,43H,15-18,41H2,1H3,(H,44,47). The molecule has 1 fully saturated rings. The Morgan fingerprint density at radius 2 is 1.64 bits per heavy atom. The maximum absolute atomic E-state index is 14.5. The number of aromatic nitrogens is 3. The number of fused-ring (bicyclic) bond motifs is 1. The van der Waals surface area contributed by atoms with Gasteiger partial charge in [-0.3, -0.25) is 4.79 Å². The van der Waals surface area contributed by atoms with Gasteiger partial charge in [-0.05, 0) is 61.7 Å². The van der Waals surface area contributed by atoms with Crippen molar-refractivity contribution in [1.29, 1.82) is 0 Å². The summed E-state index contributed by atoms with van der Waals surface area (Å²) in [6, 6.07) is 28.9. The maximum atomic E-state index is 14.5. The third-order valence-corrected chi connectivity index (χ3v) is 9.73. The highest BCUT2D eigenvalue weighted by Crippen LogP contribution is 2.42. The Kier molecular flexibility index (Phi) is 8.73. The van der Waals surface area contributed by atoms with E-state index in [2.05, 4.69) is 26.7 Å². The minimum absolute atomic E-state index is 0.197. The van der Waals surface area contributed by atoms with Gasteiger partial charge in [-0.25, -0.2) is 4.98 Å². The van der Waals surface area contributed by atoms with Crippen LogP contribution in [-0.4, -0.2) is 39.6 Å².